The number of rotatable bonds is 7. The minimum atomic E-state index is -0.833. The Hall–Kier alpha value is -1.99. The van der Waals surface area contributed by atoms with Crippen LogP contribution in [0, 0.1) is 6.92 Å². The Kier molecular flexibility index (Phi) is 6.50. The van der Waals surface area contributed by atoms with Gasteiger partial charge in [-0.15, -0.1) is 0 Å². The zero-order chi connectivity index (χ0) is 18.6. The Morgan fingerprint density at radius 3 is 2.64 bits per heavy atom. The maximum absolute atomic E-state index is 12.1. The fourth-order valence-corrected chi connectivity index (χ4v) is 3.20. The molecule has 8 heteroatoms. The van der Waals surface area contributed by atoms with Gasteiger partial charge in [-0.1, -0.05) is 18.5 Å². The van der Waals surface area contributed by atoms with E-state index in [0.29, 0.717) is 23.0 Å². The third-order valence-corrected chi connectivity index (χ3v) is 4.75. The highest BCUT2D eigenvalue weighted by Gasteiger charge is 2.34. The van der Waals surface area contributed by atoms with Gasteiger partial charge >= 0.3 is 12.0 Å². The van der Waals surface area contributed by atoms with Crippen molar-refractivity contribution in [1.29, 1.82) is 0 Å². The molecule has 0 aliphatic heterocycles. The minimum Gasteiger partial charge on any atom is -0.496 e. The third kappa shape index (κ3) is 4.99. The number of aliphatic carboxylic acids is 1. The fraction of sp³-hybridized carbons (Fsp3) is 0.529. The Morgan fingerprint density at radius 2 is 2.08 bits per heavy atom. The molecule has 0 atom stereocenters. The molecule has 1 aliphatic carbocycles. The molecule has 0 spiro atoms. The van der Waals surface area contributed by atoms with Crippen LogP contribution < -0.4 is 15.4 Å². The summed E-state index contributed by atoms with van der Waals surface area (Å²) in [6, 6.07) is 3.33. The number of urea groups is 1. The number of amides is 2. The number of hydrogen-bond acceptors (Lipinski definition) is 4. The van der Waals surface area contributed by atoms with Crippen LogP contribution >= 0.6 is 11.6 Å². The van der Waals surface area contributed by atoms with E-state index in [-0.39, 0.29) is 24.7 Å². The van der Waals surface area contributed by atoms with Gasteiger partial charge in [-0.2, -0.15) is 0 Å². The summed E-state index contributed by atoms with van der Waals surface area (Å²) < 4.78 is 5.19. The van der Waals surface area contributed by atoms with Gasteiger partial charge in [0.05, 0.1) is 24.4 Å². The van der Waals surface area contributed by atoms with Crippen LogP contribution in [0.4, 0.5) is 10.5 Å². The molecule has 1 aromatic carbocycles. The zero-order valence-corrected chi connectivity index (χ0v) is 15.4. The highest BCUT2D eigenvalue weighted by Crippen LogP contribution is 2.30. The second kappa shape index (κ2) is 8.40. The van der Waals surface area contributed by atoms with Crippen molar-refractivity contribution in [3.8, 4) is 5.75 Å². The maximum Gasteiger partial charge on any atom is 0.319 e. The van der Waals surface area contributed by atoms with Crippen LogP contribution in [-0.2, 0) is 4.79 Å². The van der Waals surface area contributed by atoms with Gasteiger partial charge < -0.3 is 20.5 Å². The molecule has 2 amide bonds. The molecule has 3 N–H and O–H groups in total. The van der Waals surface area contributed by atoms with Crippen LogP contribution in [0.3, 0.4) is 0 Å². The molecule has 0 bridgehead atoms. The largest absolute Gasteiger partial charge is 0.496 e. The van der Waals surface area contributed by atoms with Gasteiger partial charge in [0.2, 0.25) is 0 Å². The summed E-state index contributed by atoms with van der Waals surface area (Å²) in [6.45, 7) is 4.51. The number of nitrogens with one attached hydrogen (secondary N) is 2. The van der Waals surface area contributed by atoms with Crippen molar-refractivity contribution in [2.24, 2.45) is 0 Å². The van der Waals surface area contributed by atoms with Gasteiger partial charge in [0, 0.05) is 18.2 Å². The number of ether oxygens (including phenoxy) is 1. The summed E-state index contributed by atoms with van der Waals surface area (Å²) in [5.74, 6) is -0.170. The molecular formula is C17H24ClN3O4. The molecule has 1 fully saturated rings. The molecular weight excluding hydrogens is 346 g/mol. The predicted molar refractivity (Wildman–Crippen MR) is 96.6 cm³/mol. The van der Waals surface area contributed by atoms with Crippen LogP contribution in [0.5, 0.6) is 5.75 Å². The predicted octanol–water partition coefficient (Wildman–Crippen LogP) is 2.72. The number of benzene rings is 1. The van der Waals surface area contributed by atoms with Gasteiger partial charge in [-0.05, 0) is 37.9 Å². The summed E-state index contributed by atoms with van der Waals surface area (Å²) in [6.07, 6.45) is 1.48. The number of methoxy groups -OCH3 is 1. The Bertz CT molecular complexity index is 647. The van der Waals surface area contributed by atoms with E-state index < -0.39 is 5.97 Å². The molecule has 138 valence electrons. The van der Waals surface area contributed by atoms with E-state index in [1.807, 2.05) is 18.7 Å². The minimum absolute atomic E-state index is 0.0286. The SMILES string of the molecule is CCN(CC(=O)O)C1CC(NC(=O)Nc2cc(C)c(OC)cc2Cl)C1. The normalized spacial score (nSPS) is 19.2. The van der Waals surface area contributed by atoms with Crippen LogP contribution in [-0.4, -0.2) is 54.3 Å². The van der Waals surface area contributed by atoms with Crippen LogP contribution in [0.25, 0.3) is 0 Å². The van der Waals surface area contributed by atoms with Crippen LogP contribution in [0.1, 0.15) is 25.3 Å². The molecule has 0 unspecified atom stereocenters. The van der Waals surface area contributed by atoms with Crippen LogP contribution in [0.15, 0.2) is 12.1 Å². The van der Waals surface area contributed by atoms with Gasteiger partial charge in [0.1, 0.15) is 5.75 Å². The van der Waals surface area contributed by atoms with Gasteiger partial charge in [-0.25, -0.2) is 4.79 Å². The van der Waals surface area contributed by atoms with Crippen molar-refractivity contribution in [1.82, 2.24) is 10.2 Å². The van der Waals surface area contributed by atoms with E-state index in [9.17, 15) is 9.59 Å². The van der Waals surface area contributed by atoms with E-state index in [1.165, 1.54) is 0 Å². The fourth-order valence-electron chi connectivity index (χ4n) is 3.00. The maximum atomic E-state index is 12.1. The Balaban J connectivity index is 1.84. The van der Waals surface area contributed by atoms with Crippen molar-refractivity contribution >= 4 is 29.3 Å². The third-order valence-electron chi connectivity index (χ3n) is 4.44. The summed E-state index contributed by atoms with van der Waals surface area (Å²) in [5.41, 5.74) is 1.40. The summed E-state index contributed by atoms with van der Waals surface area (Å²) >= 11 is 6.16. The molecule has 0 radical (unpaired) electrons. The smallest absolute Gasteiger partial charge is 0.319 e. The van der Waals surface area contributed by atoms with E-state index in [1.54, 1.807) is 19.2 Å². The lowest BCUT2D eigenvalue weighted by molar-refractivity contribution is -0.139. The van der Waals surface area contributed by atoms with E-state index in [4.69, 9.17) is 21.4 Å². The topological polar surface area (TPSA) is 90.9 Å². The average Bonchev–Trinajstić information content (AvgIpc) is 2.51. The highest BCUT2D eigenvalue weighted by atomic mass is 35.5. The lowest BCUT2D eigenvalue weighted by Crippen LogP contribution is -2.55. The van der Waals surface area contributed by atoms with E-state index in [0.717, 1.165) is 18.4 Å². The first-order valence-corrected chi connectivity index (χ1v) is 8.59. The molecule has 0 heterocycles. The monoisotopic (exact) mass is 369 g/mol. The quantitative estimate of drug-likeness (QED) is 0.687. The highest BCUT2D eigenvalue weighted by molar-refractivity contribution is 6.33. The Labute approximate surface area is 152 Å². The van der Waals surface area contributed by atoms with Gasteiger partial charge in [-0.3, -0.25) is 9.69 Å². The molecule has 1 aromatic rings. The lowest BCUT2D eigenvalue weighted by Gasteiger charge is -2.42. The molecule has 25 heavy (non-hydrogen) atoms. The van der Waals surface area contributed by atoms with Crippen LogP contribution in [0.2, 0.25) is 5.02 Å². The molecule has 2 rings (SSSR count). The molecule has 1 saturated carbocycles. The van der Waals surface area contributed by atoms with Crippen molar-refractivity contribution in [3.05, 3.63) is 22.7 Å². The summed E-state index contributed by atoms with van der Waals surface area (Å²) in [5, 5.41) is 14.9. The van der Waals surface area contributed by atoms with E-state index >= 15 is 0 Å². The number of halogens is 1. The van der Waals surface area contributed by atoms with Crippen molar-refractivity contribution in [2.75, 3.05) is 25.5 Å². The van der Waals surface area contributed by atoms with Gasteiger partial charge in [0.25, 0.3) is 0 Å². The number of aryl methyl sites for hydroxylation is 1. The second-order valence-corrected chi connectivity index (χ2v) is 6.59. The Morgan fingerprint density at radius 1 is 1.40 bits per heavy atom. The number of likely N-dealkylation sites (N-methyl/N-ethyl adjacent to an activating group) is 1. The lowest BCUT2D eigenvalue weighted by atomic mass is 9.85. The number of nitrogens with zero attached hydrogens (tertiary/aromatic N) is 1. The first-order chi connectivity index (χ1) is 11.8. The standard InChI is InChI=1S/C17H24ClN3O4/c1-4-21(9-16(22)23)12-6-11(7-12)19-17(24)20-14-5-10(2)15(25-3)8-13(14)18/h5,8,11-12H,4,6-7,9H2,1-3H3,(H,22,23)(H2,19,20,24). The second-order valence-electron chi connectivity index (χ2n) is 6.18. The zero-order valence-electron chi connectivity index (χ0n) is 14.6. The first-order valence-electron chi connectivity index (χ1n) is 8.21. The average molecular weight is 370 g/mol. The molecule has 7 nitrogen and oxygen atoms in total. The molecule has 0 saturated heterocycles. The summed E-state index contributed by atoms with van der Waals surface area (Å²) in [7, 11) is 1.56. The number of hydrogen-bond donors (Lipinski definition) is 3. The summed E-state index contributed by atoms with van der Waals surface area (Å²) in [4.78, 5) is 24.9. The molecule has 1 aliphatic rings. The van der Waals surface area contributed by atoms with E-state index in [2.05, 4.69) is 10.6 Å². The van der Waals surface area contributed by atoms with Gasteiger partial charge in [0.15, 0.2) is 0 Å². The number of carbonyl (C=O) groups excluding carboxylic acids is 1. The number of carboxylic acids is 1. The first kappa shape index (κ1) is 19.3. The van der Waals surface area contributed by atoms with Crippen molar-refractivity contribution < 1.29 is 19.4 Å². The van der Waals surface area contributed by atoms with Crippen molar-refractivity contribution in [2.45, 2.75) is 38.8 Å². The van der Waals surface area contributed by atoms with Crippen molar-refractivity contribution in [3.63, 3.8) is 0 Å². The molecule has 0 aromatic heterocycles. The number of carboxylic acid groups (broad SMARTS) is 1. The number of anilines is 1. The number of carbonyl (C=O) groups is 2.